The monoisotopic (exact) mass is 316 g/mol. The van der Waals surface area contributed by atoms with Crippen molar-refractivity contribution in [3.8, 4) is 0 Å². The molecule has 0 spiro atoms. The Labute approximate surface area is 145 Å². The average molecular weight is 317 g/mol. The number of hydrogen-bond acceptors (Lipinski definition) is 0. The van der Waals surface area contributed by atoms with Crippen LogP contribution in [0.15, 0.2) is 0 Å². The molecular weight excluding hydrogens is 276 g/mol. The van der Waals surface area contributed by atoms with Crippen LogP contribution in [-0.4, -0.2) is 0 Å². The van der Waals surface area contributed by atoms with Gasteiger partial charge in [0, 0.05) is 0 Å². The van der Waals surface area contributed by atoms with Gasteiger partial charge < -0.3 is 0 Å². The zero-order valence-corrected chi connectivity index (χ0v) is 15.9. The zero-order chi connectivity index (χ0) is 15.9. The summed E-state index contributed by atoms with van der Waals surface area (Å²) in [5.41, 5.74) is 0.716. The highest BCUT2D eigenvalue weighted by molar-refractivity contribution is 5.04. The Morgan fingerprint density at radius 3 is 1.43 bits per heavy atom. The number of hydrogen-bond donors (Lipinski definition) is 0. The summed E-state index contributed by atoms with van der Waals surface area (Å²) in [4.78, 5) is 0. The molecule has 6 unspecified atom stereocenters. The molecule has 132 valence electrons. The van der Waals surface area contributed by atoms with Crippen LogP contribution in [0.5, 0.6) is 0 Å². The van der Waals surface area contributed by atoms with E-state index in [0.29, 0.717) is 5.41 Å². The SMILES string of the molecule is CCC(CC)(C1CCC2CCCCC21)C1CCC2CCCCC21. The fourth-order valence-electron chi connectivity index (χ4n) is 8.47. The second-order valence-corrected chi connectivity index (χ2v) is 9.72. The highest BCUT2D eigenvalue weighted by Gasteiger charge is 2.54. The van der Waals surface area contributed by atoms with E-state index in [1.165, 1.54) is 38.5 Å². The molecular formula is C23H40. The van der Waals surface area contributed by atoms with Crippen molar-refractivity contribution < 1.29 is 0 Å². The van der Waals surface area contributed by atoms with Crippen LogP contribution in [-0.2, 0) is 0 Å². The van der Waals surface area contributed by atoms with Gasteiger partial charge in [-0.2, -0.15) is 0 Å². The van der Waals surface area contributed by atoms with Gasteiger partial charge in [0.05, 0.1) is 0 Å². The van der Waals surface area contributed by atoms with Crippen molar-refractivity contribution in [1.29, 1.82) is 0 Å². The Morgan fingerprint density at radius 2 is 1.00 bits per heavy atom. The minimum Gasteiger partial charge on any atom is -0.0648 e. The third-order valence-corrected chi connectivity index (χ3v) is 9.46. The molecule has 0 nitrogen and oxygen atoms in total. The van der Waals surface area contributed by atoms with E-state index in [4.69, 9.17) is 0 Å². The summed E-state index contributed by atoms with van der Waals surface area (Å²) >= 11 is 0. The molecule has 23 heavy (non-hydrogen) atoms. The summed E-state index contributed by atoms with van der Waals surface area (Å²) in [7, 11) is 0. The molecule has 0 saturated heterocycles. The average Bonchev–Trinajstić information content (AvgIpc) is 3.23. The highest BCUT2D eigenvalue weighted by Crippen LogP contribution is 2.63. The van der Waals surface area contributed by atoms with Gasteiger partial charge in [-0.3, -0.25) is 0 Å². The summed E-state index contributed by atoms with van der Waals surface area (Å²) in [5.74, 6) is 6.66. The maximum Gasteiger partial charge on any atom is -0.0241 e. The van der Waals surface area contributed by atoms with Crippen molar-refractivity contribution in [2.24, 2.45) is 40.9 Å². The topological polar surface area (TPSA) is 0 Å². The van der Waals surface area contributed by atoms with Crippen molar-refractivity contribution in [3.05, 3.63) is 0 Å². The molecule has 0 aromatic carbocycles. The summed E-state index contributed by atoms with van der Waals surface area (Å²) in [6, 6.07) is 0. The van der Waals surface area contributed by atoms with E-state index < -0.39 is 0 Å². The Kier molecular flexibility index (Phi) is 4.81. The molecule has 0 aromatic heterocycles. The van der Waals surface area contributed by atoms with E-state index in [0.717, 1.165) is 35.5 Å². The fraction of sp³-hybridized carbons (Fsp3) is 1.00. The number of fused-ring (bicyclic) bond motifs is 2. The van der Waals surface area contributed by atoms with E-state index in [1.807, 2.05) is 0 Å². The van der Waals surface area contributed by atoms with Crippen LogP contribution in [0.25, 0.3) is 0 Å². The first-order chi connectivity index (χ1) is 11.3. The molecule has 0 aromatic rings. The standard InChI is InChI=1S/C23H40/c1-3-23(4-2,21-15-13-17-9-5-7-11-19(17)21)22-16-14-18-10-6-8-12-20(18)22/h17-22H,3-16H2,1-2H3. The van der Waals surface area contributed by atoms with E-state index in [1.54, 1.807) is 51.4 Å². The van der Waals surface area contributed by atoms with Crippen molar-refractivity contribution in [2.45, 2.75) is 104 Å². The predicted octanol–water partition coefficient (Wildman–Crippen LogP) is 7.23. The lowest BCUT2D eigenvalue weighted by atomic mass is 9.55. The molecule has 4 fully saturated rings. The second kappa shape index (κ2) is 6.72. The van der Waals surface area contributed by atoms with Gasteiger partial charge in [0.2, 0.25) is 0 Å². The largest absolute Gasteiger partial charge is 0.0648 e. The van der Waals surface area contributed by atoms with Gasteiger partial charge in [0.1, 0.15) is 0 Å². The highest BCUT2D eigenvalue weighted by atomic mass is 14.6. The van der Waals surface area contributed by atoms with Crippen LogP contribution in [0.1, 0.15) is 104 Å². The van der Waals surface area contributed by atoms with Crippen LogP contribution >= 0.6 is 0 Å². The molecule has 4 saturated carbocycles. The van der Waals surface area contributed by atoms with E-state index >= 15 is 0 Å². The van der Waals surface area contributed by atoms with E-state index in [2.05, 4.69) is 13.8 Å². The maximum atomic E-state index is 2.57. The Morgan fingerprint density at radius 1 is 0.565 bits per heavy atom. The predicted molar refractivity (Wildman–Crippen MR) is 99.4 cm³/mol. The second-order valence-electron chi connectivity index (χ2n) is 9.72. The molecule has 0 heterocycles. The lowest BCUT2D eigenvalue weighted by Crippen LogP contribution is -2.43. The Bertz CT molecular complexity index is 359. The van der Waals surface area contributed by atoms with Crippen molar-refractivity contribution in [1.82, 2.24) is 0 Å². The van der Waals surface area contributed by atoms with Crippen molar-refractivity contribution in [3.63, 3.8) is 0 Å². The van der Waals surface area contributed by atoms with Gasteiger partial charge in [0.15, 0.2) is 0 Å². The molecule has 4 aliphatic rings. The molecule has 4 rings (SSSR count). The normalized spacial score (nSPS) is 44.1. The fourth-order valence-corrected chi connectivity index (χ4v) is 8.47. The molecule has 0 heteroatoms. The quantitative estimate of drug-likeness (QED) is 0.513. The van der Waals surface area contributed by atoms with Crippen LogP contribution in [0.4, 0.5) is 0 Å². The smallest absolute Gasteiger partial charge is 0.0241 e. The first-order valence-electron chi connectivity index (χ1n) is 11.3. The van der Waals surface area contributed by atoms with Gasteiger partial charge in [-0.05, 0) is 92.3 Å². The summed E-state index contributed by atoms with van der Waals surface area (Å²) in [5, 5.41) is 0. The molecule has 0 bridgehead atoms. The van der Waals surface area contributed by atoms with Crippen LogP contribution in [0.3, 0.4) is 0 Å². The summed E-state index contributed by atoms with van der Waals surface area (Å²) in [6.45, 7) is 5.13. The lowest BCUT2D eigenvalue weighted by molar-refractivity contribution is -0.0118. The van der Waals surface area contributed by atoms with E-state index in [-0.39, 0.29) is 0 Å². The van der Waals surface area contributed by atoms with Crippen molar-refractivity contribution in [2.75, 3.05) is 0 Å². The molecule has 0 radical (unpaired) electrons. The third-order valence-electron chi connectivity index (χ3n) is 9.46. The molecule has 0 amide bonds. The van der Waals surface area contributed by atoms with Gasteiger partial charge in [-0.25, -0.2) is 0 Å². The maximum absolute atomic E-state index is 2.57. The molecule has 4 aliphatic carbocycles. The van der Waals surface area contributed by atoms with Gasteiger partial charge >= 0.3 is 0 Å². The minimum atomic E-state index is 0.716. The van der Waals surface area contributed by atoms with Gasteiger partial charge in [-0.15, -0.1) is 0 Å². The van der Waals surface area contributed by atoms with Crippen LogP contribution in [0, 0.1) is 40.9 Å². The van der Waals surface area contributed by atoms with Crippen LogP contribution in [0.2, 0.25) is 0 Å². The minimum absolute atomic E-state index is 0.716. The molecule has 6 atom stereocenters. The number of rotatable bonds is 4. The lowest BCUT2D eigenvalue weighted by Gasteiger charge is -2.50. The third kappa shape index (κ3) is 2.62. The molecule has 0 N–H and O–H groups in total. The summed E-state index contributed by atoms with van der Waals surface area (Å²) < 4.78 is 0. The molecule has 0 aliphatic heterocycles. The van der Waals surface area contributed by atoms with Gasteiger partial charge in [-0.1, -0.05) is 52.4 Å². The summed E-state index contributed by atoms with van der Waals surface area (Å²) in [6.07, 6.45) is 21.7. The first kappa shape index (κ1) is 16.5. The zero-order valence-electron chi connectivity index (χ0n) is 15.9. The van der Waals surface area contributed by atoms with Crippen molar-refractivity contribution >= 4 is 0 Å². The van der Waals surface area contributed by atoms with Crippen LogP contribution < -0.4 is 0 Å². The van der Waals surface area contributed by atoms with E-state index in [9.17, 15) is 0 Å². The first-order valence-corrected chi connectivity index (χ1v) is 11.3. The van der Waals surface area contributed by atoms with Gasteiger partial charge in [0.25, 0.3) is 0 Å². The Balaban J connectivity index is 1.61. The Hall–Kier alpha value is 0.